The van der Waals surface area contributed by atoms with Crippen LogP contribution in [0.1, 0.15) is 53.9 Å². The Morgan fingerprint density at radius 3 is 2.35 bits per heavy atom. The first-order valence-electron chi connectivity index (χ1n) is 7.20. The van der Waals surface area contributed by atoms with Gasteiger partial charge < -0.3 is 10.1 Å². The van der Waals surface area contributed by atoms with Crippen molar-refractivity contribution in [3.63, 3.8) is 0 Å². The second-order valence-corrected chi connectivity index (χ2v) is 6.37. The highest BCUT2D eigenvalue weighted by Crippen LogP contribution is 2.38. The van der Waals surface area contributed by atoms with Crippen LogP contribution < -0.4 is 5.32 Å². The molecule has 1 aliphatic carbocycles. The Kier molecular flexibility index (Phi) is 5.46. The minimum Gasteiger partial charge on any atom is -0.377 e. The van der Waals surface area contributed by atoms with Gasteiger partial charge >= 0.3 is 0 Å². The summed E-state index contributed by atoms with van der Waals surface area (Å²) in [4.78, 5) is 0. The van der Waals surface area contributed by atoms with Gasteiger partial charge in [0.05, 0.1) is 5.60 Å². The SMILES string of the molecule is CCNC(C1CCC(C)C(C)C1)C(C)(C)OC. The van der Waals surface area contributed by atoms with Crippen LogP contribution >= 0.6 is 0 Å². The molecule has 0 spiro atoms. The molecule has 0 aromatic carbocycles. The Labute approximate surface area is 108 Å². The number of likely N-dealkylation sites (N-methyl/N-ethyl adjacent to an activating group) is 1. The van der Waals surface area contributed by atoms with E-state index in [1.165, 1.54) is 19.3 Å². The number of ether oxygens (including phenoxy) is 1. The molecule has 1 aliphatic rings. The van der Waals surface area contributed by atoms with Gasteiger partial charge in [-0.15, -0.1) is 0 Å². The number of hydrogen-bond acceptors (Lipinski definition) is 2. The van der Waals surface area contributed by atoms with E-state index in [4.69, 9.17) is 4.74 Å². The van der Waals surface area contributed by atoms with Gasteiger partial charge in [-0.3, -0.25) is 0 Å². The molecule has 4 unspecified atom stereocenters. The van der Waals surface area contributed by atoms with E-state index in [0.717, 1.165) is 24.3 Å². The lowest BCUT2D eigenvalue weighted by atomic mass is 9.70. The highest BCUT2D eigenvalue weighted by Gasteiger charge is 2.38. The molecule has 0 saturated heterocycles. The molecule has 2 heteroatoms. The van der Waals surface area contributed by atoms with Crippen molar-refractivity contribution in [3.8, 4) is 0 Å². The van der Waals surface area contributed by atoms with Gasteiger partial charge in [0.15, 0.2) is 0 Å². The van der Waals surface area contributed by atoms with Crippen molar-refractivity contribution in [2.24, 2.45) is 17.8 Å². The lowest BCUT2D eigenvalue weighted by molar-refractivity contribution is -0.0381. The zero-order chi connectivity index (χ0) is 13.1. The minimum atomic E-state index is -0.0685. The summed E-state index contributed by atoms with van der Waals surface area (Å²) in [6.07, 6.45) is 4.05. The van der Waals surface area contributed by atoms with Gasteiger partial charge in [0.25, 0.3) is 0 Å². The second kappa shape index (κ2) is 6.19. The zero-order valence-electron chi connectivity index (χ0n) is 12.5. The van der Waals surface area contributed by atoms with Gasteiger partial charge in [-0.05, 0) is 51.0 Å². The molecular weight excluding hydrogens is 210 g/mol. The lowest BCUT2D eigenvalue weighted by Crippen LogP contribution is -2.53. The maximum Gasteiger partial charge on any atom is 0.0777 e. The van der Waals surface area contributed by atoms with E-state index in [1.54, 1.807) is 0 Å². The van der Waals surface area contributed by atoms with E-state index in [9.17, 15) is 0 Å². The van der Waals surface area contributed by atoms with Crippen molar-refractivity contribution in [2.75, 3.05) is 13.7 Å². The van der Waals surface area contributed by atoms with Crippen molar-refractivity contribution in [1.29, 1.82) is 0 Å². The number of rotatable bonds is 5. The van der Waals surface area contributed by atoms with Crippen molar-refractivity contribution in [3.05, 3.63) is 0 Å². The van der Waals surface area contributed by atoms with Gasteiger partial charge in [0.1, 0.15) is 0 Å². The highest BCUT2D eigenvalue weighted by molar-refractivity contribution is 4.93. The van der Waals surface area contributed by atoms with Crippen molar-refractivity contribution < 1.29 is 4.74 Å². The second-order valence-electron chi connectivity index (χ2n) is 6.37. The molecule has 0 heterocycles. The van der Waals surface area contributed by atoms with E-state index in [-0.39, 0.29) is 5.60 Å². The largest absolute Gasteiger partial charge is 0.377 e. The Balaban J connectivity index is 2.71. The lowest BCUT2D eigenvalue weighted by Gasteiger charge is -2.43. The first-order valence-corrected chi connectivity index (χ1v) is 7.20. The summed E-state index contributed by atoms with van der Waals surface area (Å²) in [6.45, 7) is 12.4. The number of methoxy groups -OCH3 is 1. The fourth-order valence-corrected chi connectivity index (χ4v) is 3.22. The average Bonchev–Trinajstić information content (AvgIpc) is 2.29. The third-order valence-electron chi connectivity index (χ3n) is 4.81. The normalized spacial score (nSPS) is 32.5. The summed E-state index contributed by atoms with van der Waals surface area (Å²) in [5.74, 6) is 2.50. The van der Waals surface area contributed by atoms with Crippen LogP contribution in [0.25, 0.3) is 0 Å². The Hall–Kier alpha value is -0.0800. The maximum absolute atomic E-state index is 5.71. The molecular formula is C15H31NO. The van der Waals surface area contributed by atoms with E-state index in [1.807, 2.05) is 7.11 Å². The Morgan fingerprint density at radius 2 is 1.88 bits per heavy atom. The van der Waals surface area contributed by atoms with Crippen LogP contribution in [0.2, 0.25) is 0 Å². The molecule has 1 fully saturated rings. The van der Waals surface area contributed by atoms with Crippen LogP contribution in [-0.4, -0.2) is 25.3 Å². The van der Waals surface area contributed by atoms with E-state index >= 15 is 0 Å². The molecule has 102 valence electrons. The molecule has 0 aromatic heterocycles. The third-order valence-corrected chi connectivity index (χ3v) is 4.81. The van der Waals surface area contributed by atoms with Gasteiger partial charge in [-0.1, -0.05) is 27.2 Å². The summed E-state index contributed by atoms with van der Waals surface area (Å²) in [7, 11) is 1.83. The minimum absolute atomic E-state index is 0.0685. The highest BCUT2D eigenvalue weighted by atomic mass is 16.5. The van der Waals surface area contributed by atoms with Crippen LogP contribution in [0.5, 0.6) is 0 Å². The quantitative estimate of drug-likeness (QED) is 0.796. The molecule has 0 radical (unpaired) electrons. The summed E-state index contributed by atoms with van der Waals surface area (Å²) in [5.41, 5.74) is -0.0685. The molecule has 0 bridgehead atoms. The molecule has 1 saturated carbocycles. The molecule has 0 aliphatic heterocycles. The predicted molar refractivity (Wildman–Crippen MR) is 74.2 cm³/mol. The Bertz CT molecular complexity index is 227. The van der Waals surface area contributed by atoms with E-state index < -0.39 is 0 Å². The van der Waals surface area contributed by atoms with Crippen LogP contribution in [0.15, 0.2) is 0 Å². The predicted octanol–water partition coefficient (Wildman–Crippen LogP) is 3.46. The monoisotopic (exact) mass is 241 g/mol. The third kappa shape index (κ3) is 3.69. The summed E-state index contributed by atoms with van der Waals surface area (Å²) in [5, 5.41) is 3.65. The van der Waals surface area contributed by atoms with Crippen LogP contribution in [0.4, 0.5) is 0 Å². The molecule has 0 amide bonds. The average molecular weight is 241 g/mol. The summed E-state index contributed by atoms with van der Waals surface area (Å²) >= 11 is 0. The Morgan fingerprint density at radius 1 is 1.24 bits per heavy atom. The first-order chi connectivity index (χ1) is 7.92. The van der Waals surface area contributed by atoms with E-state index in [0.29, 0.717) is 6.04 Å². The molecule has 4 atom stereocenters. The van der Waals surface area contributed by atoms with Gasteiger partial charge in [-0.2, -0.15) is 0 Å². The molecule has 2 nitrogen and oxygen atoms in total. The summed E-state index contributed by atoms with van der Waals surface area (Å²) < 4.78 is 5.71. The van der Waals surface area contributed by atoms with Gasteiger partial charge in [0, 0.05) is 13.2 Å². The van der Waals surface area contributed by atoms with Crippen LogP contribution in [-0.2, 0) is 4.74 Å². The van der Waals surface area contributed by atoms with Crippen molar-refractivity contribution >= 4 is 0 Å². The van der Waals surface area contributed by atoms with E-state index in [2.05, 4.69) is 39.9 Å². The smallest absolute Gasteiger partial charge is 0.0777 e. The first kappa shape index (κ1) is 15.0. The van der Waals surface area contributed by atoms with Crippen molar-refractivity contribution in [1.82, 2.24) is 5.32 Å². The van der Waals surface area contributed by atoms with Crippen molar-refractivity contribution in [2.45, 2.75) is 65.5 Å². The molecule has 1 N–H and O–H groups in total. The molecule has 0 aromatic rings. The van der Waals surface area contributed by atoms with Crippen LogP contribution in [0.3, 0.4) is 0 Å². The fourth-order valence-electron chi connectivity index (χ4n) is 3.22. The van der Waals surface area contributed by atoms with Gasteiger partial charge in [-0.25, -0.2) is 0 Å². The maximum atomic E-state index is 5.71. The standard InChI is InChI=1S/C15H31NO/c1-7-16-14(15(4,5)17-6)13-9-8-11(2)12(3)10-13/h11-14,16H,7-10H2,1-6H3. The number of nitrogens with one attached hydrogen (secondary N) is 1. The zero-order valence-corrected chi connectivity index (χ0v) is 12.5. The fraction of sp³-hybridized carbons (Fsp3) is 1.00. The summed E-state index contributed by atoms with van der Waals surface area (Å²) in [6, 6.07) is 0.479. The van der Waals surface area contributed by atoms with Crippen LogP contribution in [0, 0.1) is 17.8 Å². The number of hydrogen-bond donors (Lipinski definition) is 1. The topological polar surface area (TPSA) is 21.3 Å². The van der Waals surface area contributed by atoms with Gasteiger partial charge in [0.2, 0.25) is 0 Å². The molecule has 17 heavy (non-hydrogen) atoms. The molecule has 1 rings (SSSR count).